The lowest BCUT2D eigenvalue weighted by atomic mass is 9.99. The summed E-state index contributed by atoms with van der Waals surface area (Å²) in [7, 11) is 0. The summed E-state index contributed by atoms with van der Waals surface area (Å²) >= 11 is 5.94. The van der Waals surface area contributed by atoms with Gasteiger partial charge >= 0.3 is 0 Å². The van der Waals surface area contributed by atoms with Crippen molar-refractivity contribution in [2.24, 2.45) is 0 Å². The van der Waals surface area contributed by atoms with E-state index in [1.807, 2.05) is 26.0 Å². The summed E-state index contributed by atoms with van der Waals surface area (Å²) in [6, 6.07) is 9.25. The first-order valence-corrected chi connectivity index (χ1v) is 7.86. The van der Waals surface area contributed by atoms with E-state index in [1.165, 1.54) is 5.56 Å². The number of benzene rings is 2. The van der Waals surface area contributed by atoms with Gasteiger partial charge in [-0.15, -0.1) is 0 Å². The van der Waals surface area contributed by atoms with Crippen LogP contribution in [0.2, 0.25) is 5.02 Å². The van der Waals surface area contributed by atoms with Crippen molar-refractivity contribution >= 4 is 34.2 Å². The van der Waals surface area contributed by atoms with Gasteiger partial charge in [-0.05, 0) is 55.7 Å². The Balaban J connectivity index is 1.87. The molecule has 0 aliphatic heterocycles. The molecule has 118 valence electrons. The highest BCUT2D eigenvalue weighted by Crippen LogP contribution is 2.30. The third-order valence-corrected chi connectivity index (χ3v) is 4.32. The molecule has 23 heavy (non-hydrogen) atoms. The van der Waals surface area contributed by atoms with Crippen LogP contribution >= 0.6 is 11.6 Å². The summed E-state index contributed by atoms with van der Waals surface area (Å²) in [5.41, 5.74) is 5.90. The molecule has 0 fully saturated rings. The first-order valence-electron chi connectivity index (χ1n) is 7.48. The molecule has 0 radical (unpaired) electrons. The van der Waals surface area contributed by atoms with Crippen LogP contribution in [0.25, 0.3) is 11.0 Å². The Morgan fingerprint density at radius 2 is 1.96 bits per heavy atom. The number of furan rings is 1. The molecule has 3 rings (SSSR count). The number of nitrogens with one attached hydrogen (secondary N) is 1. The van der Waals surface area contributed by atoms with Gasteiger partial charge in [0.25, 0.3) is 0 Å². The van der Waals surface area contributed by atoms with E-state index in [9.17, 15) is 4.79 Å². The number of hydrogen-bond acceptors (Lipinski definition) is 2. The molecular formula is C19H18ClNO2. The van der Waals surface area contributed by atoms with E-state index in [-0.39, 0.29) is 12.3 Å². The lowest BCUT2D eigenvalue weighted by molar-refractivity contribution is -0.115. The Kier molecular flexibility index (Phi) is 4.14. The number of carbonyl (C=O) groups is 1. The number of amides is 1. The molecule has 0 aliphatic rings. The summed E-state index contributed by atoms with van der Waals surface area (Å²) < 4.78 is 5.71. The van der Waals surface area contributed by atoms with Crippen molar-refractivity contribution in [1.29, 1.82) is 0 Å². The lowest BCUT2D eigenvalue weighted by Gasteiger charge is -2.07. The maximum atomic E-state index is 12.3. The number of carbonyl (C=O) groups excluding carboxylic acids is 1. The normalized spacial score (nSPS) is 11.0. The van der Waals surface area contributed by atoms with Crippen LogP contribution in [-0.2, 0) is 11.2 Å². The van der Waals surface area contributed by atoms with Crippen molar-refractivity contribution < 1.29 is 9.21 Å². The van der Waals surface area contributed by atoms with Gasteiger partial charge in [-0.1, -0.05) is 23.7 Å². The number of halogens is 1. The molecule has 1 amide bonds. The SMILES string of the molecule is Cc1cc(C)c2c(CC(=O)Nc3cccc(Cl)c3)coc2c1C. The summed E-state index contributed by atoms with van der Waals surface area (Å²) in [5, 5.41) is 4.50. The zero-order valence-corrected chi connectivity index (χ0v) is 14.1. The standard InChI is InChI=1S/C19H18ClNO2/c1-11-7-12(2)18-14(10-23-19(18)13(11)3)8-17(22)21-16-6-4-5-15(20)9-16/h4-7,9-10H,8H2,1-3H3,(H,21,22). The molecule has 1 aromatic heterocycles. The van der Waals surface area contributed by atoms with Crippen LogP contribution in [0, 0.1) is 20.8 Å². The van der Waals surface area contributed by atoms with Gasteiger partial charge in [-0.3, -0.25) is 4.79 Å². The number of aryl methyl sites for hydroxylation is 3. The minimum absolute atomic E-state index is 0.0902. The Bertz CT molecular complexity index is 896. The first kappa shape index (κ1) is 15.6. The Labute approximate surface area is 140 Å². The highest BCUT2D eigenvalue weighted by atomic mass is 35.5. The Morgan fingerprint density at radius 1 is 1.17 bits per heavy atom. The van der Waals surface area contributed by atoms with Crippen molar-refractivity contribution in [3.05, 3.63) is 63.9 Å². The maximum absolute atomic E-state index is 12.3. The summed E-state index contributed by atoms with van der Waals surface area (Å²) in [6.45, 7) is 6.15. The second kappa shape index (κ2) is 6.09. The molecule has 3 nitrogen and oxygen atoms in total. The summed E-state index contributed by atoms with van der Waals surface area (Å²) in [6.07, 6.45) is 1.95. The molecule has 3 aromatic rings. The van der Waals surface area contributed by atoms with Crippen LogP contribution in [0.3, 0.4) is 0 Å². The average molecular weight is 328 g/mol. The van der Waals surface area contributed by atoms with Crippen molar-refractivity contribution in [3.63, 3.8) is 0 Å². The molecule has 0 bridgehead atoms. The molecule has 1 heterocycles. The van der Waals surface area contributed by atoms with E-state index in [1.54, 1.807) is 18.4 Å². The van der Waals surface area contributed by atoms with Crippen LogP contribution in [-0.4, -0.2) is 5.91 Å². The van der Waals surface area contributed by atoms with Gasteiger partial charge in [-0.25, -0.2) is 0 Å². The molecule has 1 N–H and O–H groups in total. The fourth-order valence-corrected chi connectivity index (χ4v) is 3.05. The van der Waals surface area contributed by atoms with Crippen molar-refractivity contribution in [3.8, 4) is 0 Å². The predicted molar refractivity (Wildman–Crippen MR) is 94.2 cm³/mol. The maximum Gasteiger partial charge on any atom is 0.228 e. The number of anilines is 1. The molecule has 0 atom stereocenters. The number of fused-ring (bicyclic) bond motifs is 1. The highest BCUT2D eigenvalue weighted by Gasteiger charge is 2.15. The van der Waals surface area contributed by atoms with Gasteiger partial charge in [0.2, 0.25) is 5.91 Å². The highest BCUT2D eigenvalue weighted by molar-refractivity contribution is 6.30. The molecule has 0 aliphatic carbocycles. The van der Waals surface area contributed by atoms with Gasteiger partial charge in [0.05, 0.1) is 12.7 Å². The zero-order valence-electron chi connectivity index (χ0n) is 13.4. The second-order valence-electron chi connectivity index (χ2n) is 5.84. The van der Waals surface area contributed by atoms with Crippen LogP contribution in [0.5, 0.6) is 0 Å². The van der Waals surface area contributed by atoms with Gasteiger partial charge in [0, 0.05) is 21.7 Å². The van der Waals surface area contributed by atoms with Crippen molar-refractivity contribution in [2.75, 3.05) is 5.32 Å². The summed E-state index contributed by atoms with van der Waals surface area (Å²) in [4.78, 5) is 12.3. The quantitative estimate of drug-likeness (QED) is 0.719. The van der Waals surface area contributed by atoms with E-state index < -0.39 is 0 Å². The van der Waals surface area contributed by atoms with Gasteiger partial charge in [-0.2, -0.15) is 0 Å². The molecule has 0 saturated heterocycles. The van der Waals surface area contributed by atoms with Crippen LogP contribution in [0.15, 0.2) is 41.0 Å². The molecule has 0 unspecified atom stereocenters. The molecule has 0 saturated carbocycles. The van der Waals surface area contributed by atoms with Crippen molar-refractivity contribution in [1.82, 2.24) is 0 Å². The van der Waals surface area contributed by atoms with E-state index in [2.05, 4.69) is 18.3 Å². The predicted octanol–water partition coefficient (Wildman–Crippen LogP) is 5.19. The van der Waals surface area contributed by atoms with Gasteiger partial charge < -0.3 is 9.73 Å². The summed E-state index contributed by atoms with van der Waals surface area (Å²) in [5.74, 6) is -0.0902. The van der Waals surface area contributed by atoms with E-state index >= 15 is 0 Å². The molecule has 0 spiro atoms. The zero-order chi connectivity index (χ0) is 16.6. The van der Waals surface area contributed by atoms with Gasteiger partial charge in [0.1, 0.15) is 5.58 Å². The molecule has 4 heteroatoms. The fraction of sp³-hybridized carbons (Fsp3) is 0.211. The van der Waals surface area contributed by atoms with Crippen molar-refractivity contribution in [2.45, 2.75) is 27.2 Å². The third-order valence-electron chi connectivity index (χ3n) is 4.09. The third kappa shape index (κ3) is 3.10. The van der Waals surface area contributed by atoms with E-state index in [0.717, 1.165) is 27.7 Å². The Hall–Kier alpha value is -2.26. The smallest absolute Gasteiger partial charge is 0.228 e. The van der Waals surface area contributed by atoms with Crippen LogP contribution in [0.1, 0.15) is 22.3 Å². The van der Waals surface area contributed by atoms with Crippen LogP contribution in [0.4, 0.5) is 5.69 Å². The second-order valence-corrected chi connectivity index (χ2v) is 6.27. The largest absolute Gasteiger partial charge is 0.464 e. The van der Waals surface area contributed by atoms with E-state index in [0.29, 0.717) is 10.7 Å². The number of hydrogen-bond donors (Lipinski definition) is 1. The minimum Gasteiger partial charge on any atom is -0.464 e. The Morgan fingerprint density at radius 3 is 2.70 bits per heavy atom. The first-order chi connectivity index (χ1) is 11.0. The lowest BCUT2D eigenvalue weighted by Crippen LogP contribution is -2.14. The number of rotatable bonds is 3. The molecule has 2 aromatic carbocycles. The molecular weight excluding hydrogens is 310 g/mol. The van der Waals surface area contributed by atoms with Crippen LogP contribution < -0.4 is 5.32 Å². The van der Waals surface area contributed by atoms with Gasteiger partial charge in [0.15, 0.2) is 0 Å². The monoisotopic (exact) mass is 327 g/mol. The average Bonchev–Trinajstić information content (AvgIpc) is 2.89. The topological polar surface area (TPSA) is 42.2 Å². The fourth-order valence-electron chi connectivity index (χ4n) is 2.86. The minimum atomic E-state index is -0.0902. The van der Waals surface area contributed by atoms with E-state index in [4.69, 9.17) is 16.0 Å².